The minimum Gasteiger partial charge on any atom is -0.469 e. The molecule has 0 spiro atoms. The lowest BCUT2D eigenvalue weighted by atomic mass is 9.99. The van der Waals surface area contributed by atoms with Crippen LogP contribution in [0.2, 0.25) is 0 Å². The molecular formula is C37H54N4O8. The first-order chi connectivity index (χ1) is 23.3. The molecule has 0 aliphatic rings. The molecule has 2 rings (SSSR count). The number of aryl methyl sites for hydroxylation is 2. The maximum Gasteiger partial charge on any atom is 0.408 e. The van der Waals surface area contributed by atoms with Gasteiger partial charge in [0.25, 0.3) is 0 Å². The fraction of sp³-hybridized carbons (Fsp3) is 0.541. The van der Waals surface area contributed by atoms with E-state index in [2.05, 4.69) is 45.0 Å². The van der Waals surface area contributed by atoms with Gasteiger partial charge < -0.3 is 35.9 Å². The Hall–Kier alpha value is -4.45. The Bertz CT molecular complexity index is 1340. The van der Waals surface area contributed by atoms with Crippen LogP contribution in [-0.4, -0.2) is 74.8 Å². The highest BCUT2D eigenvalue weighted by molar-refractivity contribution is 5.86. The molecule has 12 heteroatoms. The lowest BCUT2D eigenvalue weighted by molar-refractivity contribution is -0.145. The molecule has 0 unspecified atom stereocenters. The number of nitrogens with one attached hydrogen (secondary N) is 3. The Kier molecular flexibility index (Phi) is 17.9. The maximum absolute atomic E-state index is 12.8. The number of amides is 3. The molecule has 12 nitrogen and oxygen atoms in total. The summed E-state index contributed by atoms with van der Waals surface area (Å²) in [6.45, 7) is 6.06. The van der Waals surface area contributed by atoms with Crippen LogP contribution in [0.25, 0.3) is 11.1 Å². The van der Waals surface area contributed by atoms with E-state index in [0.717, 1.165) is 36.0 Å². The molecule has 0 saturated carbocycles. The van der Waals surface area contributed by atoms with Crippen LogP contribution < -0.4 is 21.7 Å². The number of carbonyl (C=O) groups excluding carboxylic acids is 5. The highest BCUT2D eigenvalue weighted by Gasteiger charge is 2.25. The summed E-state index contributed by atoms with van der Waals surface area (Å²) in [6, 6.07) is 14.8. The van der Waals surface area contributed by atoms with E-state index in [4.69, 9.17) is 15.2 Å². The first kappa shape index (κ1) is 40.7. The summed E-state index contributed by atoms with van der Waals surface area (Å²) < 4.78 is 14.8. The SMILES string of the molecule is COC(=O)CC[C@H](NC(=O)OC(C)(C)C)C(=O)NCCCC[C@H](NC(=O)CCc1ccc(-c2ccc(CCCCN)cc2)cc1)C(=O)OC. The third kappa shape index (κ3) is 16.5. The molecule has 49 heavy (non-hydrogen) atoms. The lowest BCUT2D eigenvalue weighted by Crippen LogP contribution is -2.48. The number of ether oxygens (including phenoxy) is 3. The van der Waals surface area contributed by atoms with Crippen LogP contribution in [-0.2, 0) is 46.2 Å². The standard InChI is InChI=1S/C37H54N4O8/c1-37(2,3)49-36(46)41-30(21-23-33(43)47-4)34(44)39-25-9-7-11-31(35(45)48-5)40-32(42)22-16-27-14-19-29(20-15-27)28-17-12-26(13-18-28)10-6-8-24-38/h12-15,17-20,30-31H,6-11,16,21-25,38H2,1-5H3,(H,39,44)(H,40,42)(H,41,46)/t30-,31-/m0/s1. The van der Waals surface area contributed by atoms with Gasteiger partial charge in [0.15, 0.2) is 0 Å². The Morgan fingerprint density at radius 2 is 1.33 bits per heavy atom. The van der Waals surface area contributed by atoms with Crippen LogP contribution in [0.15, 0.2) is 48.5 Å². The molecule has 2 aromatic rings. The topological polar surface area (TPSA) is 175 Å². The number of hydrogen-bond donors (Lipinski definition) is 4. The van der Waals surface area contributed by atoms with Crippen molar-refractivity contribution >= 4 is 29.8 Å². The van der Waals surface area contributed by atoms with Crippen molar-refractivity contribution in [2.45, 2.75) is 103 Å². The van der Waals surface area contributed by atoms with E-state index in [1.165, 1.54) is 19.8 Å². The van der Waals surface area contributed by atoms with Crippen LogP contribution in [0.3, 0.4) is 0 Å². The normalized spacial score (nSPS) is 12.3. The average molecular weight is 683 g/mol. The molecule has 3 amide bonds. The van der Waals surface area contributed by atoms with Gasteiger partial charge in [-0.25, -0.2) is 9.59 Å². The number of unbranched alkanes of at least 4 members (excludes halogenated alkanes) is 2. The van der Waals surface area contributed by atoms with Crippen molar-refractivity contribution in [3.05, 3.63) is 59.7 Å². The highest BCUT2D eigenvalue weighted by atomic mass is 16.6. The Labute approximate surface area is 290 Å². The molecule has 0 saturated heterocycles. The molecule has 0 heterocycles. The molecule has 0 aromatic heterocycles. The van der Waals surface area contributed by atoms with Crippen LogP contribution >= 0.6 is 0 Å². The fourth-order valence-corrected chi connectivity index (χ4v) is 5.01. The molecule has 2 atom stereocenters. The van der Waals surface area contributed by atoms with Crippen molar-refractivity contribution in [3.8, 4) is 11.1 Å². The van der Waals surface area contributed by atoms with Gasteiger partial charge in [0, 0.05) is 19.4 Å². The van der Waals surface area contributed by atoms with E-state index in [1.807, 2.05) is 24.3 Å². The summed E-state index contributed by atoms with van der Waals surface area (Å²) in [5.41, 5.74) is 9.35. The Morgan fingerprint density at radius 1 is 0.714 bits per heavy atom. The van der Waals surface area contributed by atoms with E-state index in [0.29, 0.717) is 32.2 Å². The van der Waals surface area contributed by atoms with E-state index in [1.54, 1.807) is 20.8 Å². The average Bonchev–Trinajstić information content (AvgIpc) is 3.07. The summed E-state index contributed by atoms with van der Waals surface area (Å²) >= 11 is 0. The number of hydrogen-bond acceptors (Lipinski definition) is 9. The van der Waals surface area contributed by atoms with Gasteiger partial charge in [-0.05, 0) is 101 Å². The van der Waals surface area contributed by atoms with Gasteiger partial charge in [-0.15, -0.1) is 0 Å². The van der Waals surface area contributed by atoms with E-state index >= 15 is 0 Å². The van der Waals surface area contributed by atoms with Crippen LogP contribution in [0.5, 0.6) is 0 Å². The van der Waals surface area contributed by atoms with Gasteiger partial charge in [0.2, 0.25) is 11.8 Å². The molecule has 0 fully saturated rings. The molecular weight excluding hydrogens is 628 g/mol. The summed E-state index contributed by atoms with van der Waals surface area (Å²) in [5.74, 6) is -1.80. The van der Waals surface area contributed by atoms with Crippen LogP contribution in [0.1, 0.15) is 83.3 Å². The van der Waals surface area contributed by atoms with E-state index < -0.39 is 41.6 Å². The van der Waals surface area contributed by atoms with Crippen molar-refractivity contribution in [3.63, 3.8) is 0 Å². The van der Waals surface area contributed by atoms with Gasteiger partial charge in [-0.2, -0.15) is 0 Å². The zero-order valence-corrected chi connectivity index (χ0v) is 29.6. The third-order valence-corrected chi connectivity index (χ3v) is 7.71. The van der Waals surface area contributed by atoms with Crippen LogP contribution in [0.4, 0.5) is 4.79 Å². The first-order valence-electron chi connectivity index (χ1n) is 16.9. The number of esters is 2. The number of nitrogens with two attached hydrogens (primary N) is 1. The first-order valence-corrected chi connectivity index (χ1v) is 16.9. The molecule has 2 aromatic carbocycles. The van der Waals surface area contributed by atoms with Crippen LogP contribution in [0, 0.1) is 0 Å². The second kappa shape index (κ2) is 21.5. The zero-order valence-electron chi connectivity index (χ0n) is 29.6. The van der Waals surface area contributed by atoms with Gasteiger partial charge in [-0.3, -0.25) is 14.4 Å². The maximum atomic E-state index is 12.8. The minimum absolute atomic E-state index is 0.0302. The summed E-state index contributed by atoms with van der Waals surface area (Å²) in [4.78, 5) is 61.8. The molecule has 0 bridgehead atoms. The number of carbonyl (C=O) groups is 5. The van der Waals surface area contributed by atoms with E-state index in [-0.39, 0.29) is 31.7 Å². The molecule has 270 valence electrons. The highest BCUT2D eigenvalue weighted by Crippen LogP contribution is 2.21. The zero-order chi connectivity index (χ0) is 36.2. The fourth-order valence-electron chi connectivity index (χ4n) is 5.01. The van der Waals surface area contributed by atoms with Crippen molar-refractivity contribution in [1.82, 2.24) is 16.0 Å². The number of rotatable bonds is 20. The predicted molar refractivity (Wildman–Crippen MR) is 187 cm³/mol. The van der Waals surface area contributed by atoms with Crippen molar-refractivity contribution in [2.75, 3.05) is 27.3 Å². The second-order valence-corrected chi connectivity index (χ2v) is 12.9. The number of methoxy groups -OCH3 is 2. The Balaban J connectivity index is 1.81. The van der Waals surface area contributed by atoms with Gasteiger partial charge in [-0.1, -0.05) is 48.5 Å². The molecule has 0 aliphatic heterocycles. The molecule has 0 radical (unpaired) electrons. The summed E-state index contributed by atoms with van der Waals surface area (Å²) in [6.07, 6.45) is 4.34. The monoisotopic (exact) mass is 682 g/mol. The smallest absolute Gasteiger partial charge is 0.408 e. The van der Waals surface area contributed by atoms with Gasteiger partial charge >= 0.3 is 18.0 Å². The van der Waals surface area contributed by atoms with Crippen molar-refractivity contribution < 1.29 is 38.2 Å². The minimum atomic E-state index is -1.00. The number of alkyl carbamates (subject to hydrolysis) is 1. The second-order valence-electron chi connectivity index (χ2n) is 12.9. The van der Waals surface area contributed by atoms with Gasteiger partial charge in [0.05, 0.1) is 14.2 Å². The van der Waals surface area contributed by atoms with Crippen molar-refractivity contribution in [2.24, 2.45) is 5.73 Å². The quantitative estimate of drug-likeness (QED) is 0.0899. The summed E-state index contributed by atoms with van der Waals surface area (Å²) in [5, 5.41) is 8.03. The number of benzene rings is 2. The Morgan fingerprint density at radius 3 is 1.88 bits per heavy atom. The molecule has 0 aliphatic carbocycles. The third-order valence-electron chi connectivity index (χ3n) is 7.71. The summed E-state index contributed by atoms with van der Waals surface area (Å²) in [7, 11) is 2.51. The lowest BCUT2D eigenvalue weighted by Gasteiger charge is -2.23. The predicted octanol–water partition coefficient (Wildman–Crippen LogP) is 4.36. The van der Waals surface area contributed by atoms with E-state index in [9.17, 15) is 24.0 Å². The molecule has 5 N–H and O–H groups in total. The largest absolute Gasteiger partial charge is 0.469 e. The van der Waals surface area contributed by atoms with Gasteiger partial charge in [0.1, 0.15) is 17.7 Å². The van der Waals surface area contributed by atoms with Crippen molar-refractivity contribution in [1.29, 1.82) is 0 Å².